The monoisotopic (exact) mass is 887 g/mol. The molecule has 7 nitrogen and oxygen atoms in total. The maximum Gasteiger partial charge on any atom is 0.326 e. The van der Waals surface area contributed by atoms with Crippen LogP contribution in [0.2, 0.25) is 0 Å². The predicted octanol–water partition coefficient (Wildman–Crippen LogP) is 16.7. The largest absolute Gasteiger partial charge is 0.480 e. The van der Waals surface area contributed by atoms with Crippen LogP contribution in [-0.2, 0) is 19.1 Å². The van der Waals surface area contributed by atoms with Gasteiger partial charge >= 0.3 is 11.9 Å². The molecule has 7 heteroatoms. The normalized spacial score (nSPS) is 12.7. The molecule has 0 saturated carbocycles. The lowest BCUT2D eigenvalue weighted by Gasteiger charge is -2.18. The summed E-state index contributed by atoms with van der Waals surface area (Å²) in [5.41, 5.74) is 5.51. The Bertz CT molecular complexity index is 1040. The molecule has 4 N–H and O–H groups in total. The number of amides is 1. The summed E-state index contributed by atoms with van der Waals surface area (Å²) in [4.78, 5) is 36.6. The summed E-state index contributed by atoms with van der Waals surface area (Å²) in [5, 5.41) is 12.0. The van der Waals surface area contributed by atoms with Crippen LogP contribution in [0.15, 0.2) is 24.3 Å². The second kappa shape index (κ2) is 50.8. The summed E-state index contributed by atoms with van der Waals surface area (Å²) >= 11 is 0. The van der Waals surface area contributed by atoms with Gasteiger partial charge in [-0.25, -0.2) is 4.79 Å². The Morgan fingerprint density at radius 2 is 0.825 bits per heavy atom. The van der Waals surface area contributed by atoms with Gasteiger partial charge < -0.3 is 20.9 Å². The van der Waals surface area contributed by atoms with Gasteiger partial charge in [0.05, 0.1) is 0 Å². The molecule has 0 aliphatic heterocycles. The van der Waals surface area contributed by atoms with E-state index in [4.69, 9.17) is 10.5 Å². The number of hydrogen-bond acceptors (Lipinski definition) is 5. The number of allylic oxidation sites excluding steroid dienone is 4. The molecule has 0 aliphatic carbocycles. The van der Waals surface area contributed by atoms with Crippen molar-refractivity contribution in [1.29, 1.82) is 0 Å². The molecule has 0 spiro atoms. The van der Waals surface area contributed by atoms with Gasteiger partial charge in [0.25, 0.3) is 0 Å². The highest BCUT2D eigenvalue weighted by molar-refractivity contribution is 5.83. The van der Waals surface area contributed by atoms with Crippen LogP contribution in [0.4, 0.5) is 0 Å². The summed E-state index contributed by atoms with van der Waals surface area (Å²) in [6.45, 7) is 4.97. The second-order valence-electron chi connectivity index (χ2n) is 19.0. The highest BCUT2D eigenvalue weighted by Crippen LogP contribution is 2.19. The van der Waals surface area contributed by atoms with E-state index in [1.54, 1.807) is 0 Å². The first-order valence-corrected chi connectivity index (χ1v) is 27.7. The smallest absolute Gasteiger partial charge is 0.326 e. The lowest BCUT2D eigenvalue weighted by Crippen LogP contribution is -2.40. The Labute approximate surface area is 391 Å². The third kappa shape index (κ3) is 47.6. The van der Waals surface area contributed by atoms with E-state index in [9.17, 15) is 19.5 Å². The summed E-state index contributed by atoms with van der Waals surface area (Å²) in [6.07, 6.45) is 61.1. The van der Waals surface area contributed by atoms with Crippen LogP contribution in [0.5, 0.6) is 0 Å². The number of unbranched alkanes of at least 4 members (excludes halogenated alkanes) is 33. The van der Waals surface area contributed by atoms with Crippen LogP contribution in [0.3, 0.4) is 0 Å². The molecule has 63 heavy (non-hydrogen) atoms. The van der Waals surface area contributed by atoms with Crippen LogP contribution in [0.25, 0.3) is 0 Å². The lowest BCUT2D eigenvalue weighted by molar-refractivity contribution is -0.150. The summed E-state index contributed by atoms with van der Waals surface area (Å²) < 4.78 is 6.09. The lowest BCUT2D eigenvalue weighted by atomic mass is 10.0. The fraction of sp³-hybridized carbons (Fsp3) is 0.875. The zero-order valence-corrected chi connectivity index (χ0v) is 41.9. The number of nitrogens with two attached hydrogens (primary N) is 1. The van der Waals surface area contributed by atoms with E-state index in [1.807, 2.05) is 0 Å². The molecule has 0 fully saturated rings. The van der Waals surface area contributed by atoms with E-state index in [0.29, 0.717) is 32.2 Å². The topological polar surface area (TPSA) is 119 Å². The molecule has 0 aliphatic rings. The van der Waals surface area contributed by atoms with Gasteiger partial charge in [-0.05, 0) is 90.0 Å². The molecular weight excluding hydrogens is 781 g/mol. The summed E-state index contributed by atoms with van der Waals surface area (Å²) in [6, 6.07) is -0.859. The predicted molar refractivity (Wildman–Crippen MR) is 271 cm³/mol. The van der Waals surface area contributed by atoms with Crippen molar-refractivity contribution in [2.75, 3.05) is 6.54 Å². The average Bonchev–Trinajstić information content (AvgIpc) is 3.27. The molecule has 0 heterocycles. The second-order valence-corrected chi connectivity index (χ2v) is 19.0. The quantitative estimate of drug-likeness (QED) is 0.0318. The maximum atomic E-state index is 12.9. The molecule has 370 valence electrons. The van der Waals surface area contributed by atoms with Crippen molar-refractivity contribution in [2.45, 2.75) is 309 Å². The maximum absolute atomic E-state index is 12.9. The van der Waals surface area contributed by atoms with Crippen molar-refractivity contribution in [2.24, 2.45) is 5.73 Å². The van der Waals surface area contributed by atoms with Crippen LogP contribution in [0, 0.1) is 0 Å². The number of aliphatic carboxylic acids is 1. The van der Waals surface area contributed by atoms with Crippen LogP contribution in [-0.4, -0.2) is 41.6 Å². The fourth-order valence-electron chi connectivity index (χ4n) is 8.60. The molecular formula is C56H106N2O5. The number of carboxylic acids is 1. The van der Waals surface area contributed by atoms with Crippen LogP contribution >= 0.6 is 0 Å². The minimum absolute atomic E-state index is 0.00730. The first-order valence-electron chi connectivity index (χ1n) is 27.7. The Hall–Kier alpha value is -2.15. The fourth-order valence-corrected chi connectivity index (χ4v) is 8.60. The molecule has 0 saturated heterocycles. The van der Waals surface area contributed by atoms with Gasteiger partial charge in [-0.1, -0.05) is 224 Å². The standard InChI is InChI=1S/C56H106N2O5/c1-3-5-7-9-11-13-15-17-19-20-21-22-23-24-25-27-29-31-33-35-40-44-50-55(60)63-52(46-41-37-34-32-30-28-26-18-16-14-12-10-8-6-4-2)47-42-38-36-39-43-49-54(59)58-53(56(61)62)48-45-51-57/h16,18,28,30,52-53H,3-15,17,19-27,29,31-51,57H2,1-2H3,(H,58,59)(H,61,62)/b18-16-,30-28-. The van der Waals surface area contributed by atoms with Gasteiger partial charge in [-0.2, -0.15) is 0 Å². The molecule has 2 atom stereocenters. The van der Waals surface area contributed by atoms with Gasteiger partial charge in [0.15, 0.2) is 0 Å². The number of ether oxygens (including phenoxy) is 1. The molecule has 0 radical (unpaired) electrons. The summed E-state index contributed by atoms with van der Waals surface area (Å²) in [5.74, 6) is -1.23. The van der Waals surface area contributed by atoms with E-state index < -0.39 is 12.0 Å². The Balaban J connectivity index is 4.23. The third-order valence-electron chi connectivity index (χ3n) is 12.8. The Morgan fingerprint density at radius 1 is 0.460 bits per heavy atom. The Kier molecular flexibility index (Phi) is 49.1. The van der Waals surface area contributed by atoms with E-state index in [1.165, 1.54) is 173 Å². The van der Waals surface area contributed by atoms with Crippen molar-refractivity contribution < 1.29 is 24.2 Å². The minimum Gasteiger partial charge on any atom is -0.480 e. The van der Waals surface area contributed by atoms with E-state index in [2.05, 4.69) is 43.5 Å². The molecule has 0 aromatic heterocycles. The van der Waals surface area contributed by atoms with Gasteiger partial charge in [-0.3, -0.25) is 9.59 Å². The molecule has 2 unspecified atom stereocenters. The summed E-state index contributed by atoms with van der Waals surface area (Å²) in [7, 11) is 0. The highest BCUT2D eigenvalue weighted by atomic mass is 16.5. The molecule has 0 bridgehead atoms. The Morgan fingerprint density at radius 3 is 1.24 bits per heavy atom. The number of hydrogen-bond donors (Lipinski definition) is 3. The van der Waals surface area contributed by atoms with Crippen molar-refractivity contribution >= 4 is 17.8 Å². The number of rotatable bonds is 51. The van der Waals surface area contributed by atoms with Crippen molar-refractivity contribution in [1.82, 2.24) is 5.32 Å². The van der Waals surface area contributed by atoms with Crippen LogP contribution in [0.1, 0.15) is 296 Å². The zero-order chi connectivity index (χ0) is 45.9. The van der Waals surface area contributed by atoms with E-state index in [0.717, 1.165) is 83.5 Å². The van der Waals surface area contributed by atoms with Crippen LogP contribution < -0.4 is 11.1 Å². The molecule has 0 aromatic rings. The van der Waals surface area contributed by atoms with Crippen molar-refractivity contribution in [3.05, 3.63) is 24.3 Å². The number of esters is 1. The SMILES string of the molecule is CCCCCCC/C=C\C/C=C\CCCCCC(CCCCCCCC(=O)NC(CCCN)C(=O)O)OC(=O)CCCCCCCCCCCCCCCCCCCCCCCC. The first kappa shape index (κ1) is 60.9. The molecule has 0 aromatic carbocycles. The van der Waals surface area contributed by atoms with Gasteiger partial charge in [0.1, 0.15) is 12.1 Å². The average molecular weight is 887 g/mol. The molecule has 0 rings (SSSR count). The number of carbonyl (C=O) groups excluding carboxylic acids is 2. The van der Waals surface area contributed by atoms with E-state index in [-0.39, 0.29) is 18.0 Å². The van der Waals surface area contributed by atoms with Crippen molar-refractivity contribution in [3.63, 3.8) is 0 Å². The third-order valence-corrected chi connectivity index (χ3v) is 12.8. The van der Waals surface area contributed by atoms with Gasteiger partial charge in [0.2, 0.25) is 5.91 Å². The van der Waals surface area contributed by atoms with Gasteiger partial charge in [0, 0.05) is 12.8 Å². The number of carboxylic acid groups (broad SMARTS) is 1. The minimum atomic E-state index is -1.00. The number of carbonyl (C=O) groups is 3. The van der Waals surface area contributed by atoms with Crippen molar-refractivity contribution in [3.8, 4) is 0 Å². The highest BCUT2D eigenvalue weighted by Gasteiger charge is 2.19. The van der Waals surface area contributed by atoms with E-state index >= 15 is 0 Å². The molecule has 1 amide bonds. The first-order chi connectivity index (χ1) is 30.9. The number of nitrogens with one attached hydrogen (secondary N) is 1. The zero-order valence-electron chi connectivity index (χ0n) is 41.9. The van der Waals surface area contributed by atoms with Gasteiger partial charge in [-0.15, -0.1) is 0 Å².